The number of benzene rings is 1. The van der Waals surface area contributed by atoms with Gasteiger partial charge in [0.2, 0.25) is 0 Å². The molecule has 0 radical (unpaired) electrons. The van der Waals surface area contributed by atoms with Gasteiger partial charge in [0.05, 0.1) is 0 Å². The molecule has 0 unspecified atom stereocenters. The number of terminal acetylenes is 1. The average molecular weight is 194 g/mol. The number of para-hydroxylation sites is 1. The maximum absolute atomic E-state index is 5.77. The number of fused-ring (bicyclic) bond motifs is 3. The molecule has 1 heteroatoms. The standard InChI is InChI=1S/C14H10O/c1-2-10-7-8-14-12(9-10)11-5-3-4-6-13(11)15-14/h1,3-6,9H,7-8H2. The molecule has 0 fully saturated rings. The summed E-state index contributed by atoms with van der Waals surface area (Å²) >= 11 is 0. The fourth-order valence-electron chi connectivity index (χ4n) is 2.07. The minimum absolute atomic E-state index is 0.917. The van der Waals surface area contributed by atoms with Gasteiger partial charge in [-0.3, -0.25) is 0 Å². The maximum Gasteiger partial charge on any atom is 0.134 e. The first-order chi connectivity index (χ1) is 7.38. The molecule has 0 amide bonds. The normalized spacial score (nSPS) is 14.5. The number of hydrogen-bond acceptors (Lipinski definition) is 1. The molecule has 0 saturated heterocycles. The van der Waals surface area contributed by atoms with Gasteiger partial charge in [0, 0.05) is 22.9 Å². The minimum atomic E-state index is 0.917. The zero-order chi connectivity index (χ0) is 10.3. The van der Waals surface area contributed by atoms with Crippen LogP contribution in [0.15, 0.2) is 34.3 Å². The number of furan rings is 1. The molecule has 2 aromatic rings. The molecular weight excluding hydrogens is 184 g/mol. The Labute approximate surface area is 88.4 Å². The molecule has 3 rings (SSSR count). The first kappa shape index (κ1) is 8.38. The zero-order valence-electron chi connectivity index (χ0n) is 8.29. The van der Waals surface area contributed by atoms with Crippen LogP contribution in [0.1, 0.15) is 17.7 Å². The van der Waals surface area contributed by atoms with E-state index >= 15 is 0 Å². The van der Waals surface area contributed by atoms with Gasteiger partial charge in [-0.1, -0.05) is 24.1 Å². The van der Waals surface area contributed by atoms with E-state index in [4.69, 9.17) is 10.8 Å². The molecule has 0 aliphatic heterocycles. The minimum Gasteiger partial charge on any atom is -0.460 e. The highest BCUT2D eigenvalue weighted by Crippen LogP contribution is 2.32. The molecule has 15 heavy (non-hydrogen) atoms. The van der Waals surface area contributed by atoms with E-state index in [0.717, 1.165) is 29.8 Å². The van der Waals surface area contributed by atoms with Crippen molar-refractivity contribution in [2.75, 3.05) is 0 Å². The van der Waals surface area contributed by atoms with Crippen LogP contribution in [0, 0.1) is 12.3 Å². The summed E-state index contributed by atoms with van der Waals surface area (Å²) in [5.41, 5.74) is 3.19. The van der Waals surface area contributed by atoms with E-state index in [1.54, 1.807) is 0 Å². The zero-order valence-corrected chi connectivity index (χ0v) is 8.29. The van der Waals surface area contributed by atoms with Crippen LogP contribution in [0.25, 0.3) is 17.0 Å². The summed E-state index contributed by atoms with van der Waals surface area (Å²) in [6.07, 6.45) is 9.34. The highest BCUT2D eigenvalue weighted by Gasteiger charge is 2.16. The van der Waals surface area contributed by atoms with Crippen molar-refractivity contribution in [3.63, 3.8) is 0 Å². The lowest BCUT2D eigenvalue weighted by Crippen LogP contribution is -1.94. The van der Waals surface area contributed by atoms with E-state index < -0.39 is 0 Å². The number of rotatable bonds is 0. The Morgan fingerprint density at radius 3 is 2.93 bits per heavy atom. The van der Waals surface area contributed by atoms with Crippen molar-refractivity contribution in [1.29, 1.82) is 0 Å². The van der Waals surface area contributed by atoms with E-state index in [1.165, 1.54) is 10.9 Å². The van der Waals surface area contributed by atoms with Crippen molar-refractivity contribution in [2.24, 2.45) is 0 Å². The molecule has 1 aliphatic rings. The van der Waals surface area contributed by atoms with Crippen LogP contribution in [0.3, 0.4) is 0 Å². The van der Waals surface area contributed by atoms with Crippen LogP contribution in [0.2, 0.25) is 0 Å². The SMILES string of the molecule is C#CC1=Cc2c(oc3ccccc23)CC1. The first-order valence-corrected chi connectivity index (χ1v) is 5.06. The summed E-state index contributed by atoms with van der Waals surface area (Å²) in [7, 11) is 0. The fraction of sp³-hybridized carbons (Fsp3) is 0.143. The van der Waals surface area contributed by atoms with Gasteiger partial charge in [-0.05, 0) is 18.6 Å². The average Bonchev–Trinajstić information content (AvgIpc) is 2.66. The smallest absolute Gasteiger partial charge is 0.134 e. The summed E-state index contributed by atoms with van der Waals surface area (Å²) in [4.78, 5) is 0. The Hall–Kier alpha value is -1.94. The summed E-state index contributed by atoms with van der Waals surface area (Å²) < 4.78 is 5.77. The molecule has 0 atom stereocenters. The lowest BCUT2D eigenvalue weighted by Gasteiger charge is -2.06. The number of allylic oxidation sites excluding steroid dienone is 1. The molecule has 72 valence electrons. The van der Waals surface area contributed by atoms with E-state index in [1.807, 2.05) is 18.2 Å². The summed E-state index contributed by atoms with van der Waals surface area (Å²) in [6.45, 7) is 0. The van der Waals surface area contributed by atoms with Gasteiger partial charge in [0.25, 0.3) is 0 Å². The molecule has 0 bridgehead atoms. The Kier molecular flexibility index (Phi) is 1.69. The lowest BCUT2D eigenvalue weighted by molar-refractivity contribution is 0.544. The van der Waals surface area contributed by atoms with Gasteiger partial charge in [-0.15, -0.1) is 6.42 Å². The Morgan fingerprint density at radius 2 is 2.07 bits per heavy atom. The first-order valence-electron chi connectivity index (χ1n) is 5.06. The number of hydrogen-bond donors (Lipinski definition) is 0. The quantitative estimate of drug-likeness (QED) is 0.586. The molecule has 0 N–H and O–H groups in total. The van der Waals surface area contributed by atoms with E-state index in [9.17, 15) is 0 Å². The third kappa shape index (κ3) is 1.19. The van der Waals surface area contributed by atoms with Crippen LogP contribution in [-0.4, -0.2) is 0 Å². The second-order valence-electron chi connectivity index (χ2n) is 3.75. The molecular formula is C14H10O. The van der Waals surface area contributed by atoms with Crippen molar-refractivity contribution in [3.05, 3.63) is 41.2 Å². The van der Waals surface area contributed by atoms with Crippen molar-refractivity contribution in [3.8, 4) is 12.3 Å². The topological polar surface area (TPSA) is 13.1 Å². The van der Waals surface area contributed by atoms with Crippen LogP contribution in [-0.2, 0) is 6.42 Å². The Balaban J connectivity index is 2.33. The predicted molar refractivity (Wildman–Crippen MR) is 61.3 cm³/mol. The van der Waals surface area contributed by atoms with E-state index in [2.05, 4.69) is 18.1 Å². The maximum atomic E-state index is 5.77. The molecule has 0 saturated carbocycles. The highest BCUT2D eigenvalue weighted by atomic mass is 16.3. The van der Waals surface area contributed by atoms with Gasteiger partial charge in [-0.2, -0.15) is 0 Å². The monoisotopic (exact) mass is 194 g/mol. The van der Waals surface area contributed by atoms with Crippen LogP contribution in [0.4, 0.5) is 0 Å². The van der Waals surface area contributed by atoms with Crippen LogP contribution in [0.5, 0.6) is 0 Å². The van der Waals surface area contributed by atoms with Gasteiger partial charge in [0.15, 0.2) is 0 Å². The molecule has 0 spiro atoms. The van der Waals surface area contributed by atoms with Crippen LogP contribution < -0.4 is 0 Å². The van der Waals surface area contributed by atoms with E-state index in [0.29, 0.717) is 0 Å². The molecule has 1 aromatic heterocycles. The highest BCUT2D eigenvalue weighted by molar-refractivity contribution is 5.90. The van der Waals surface area contributed by atoms with Gasteiger partial charge in [-0.25, -0.2) is 0 Å². The van der Waals surface area contributed by atoms with Gasteiger partial charge >= 0.3 is 0 Å². The van der Waals surface area contributed by atoms with Gasteiger partial charge < -0.3 is 4.42 Å². The Morgan fingerprint density at radius 1 is 1.20 bits per heavy atom. The molecule has 1 aliphatic carbocycles. The fourth-order valence-corrected chi connectivity index (χ4v) is 2.07. The predicted octanol–water partition coefficient (Wildman–Crippen LogP) is 3.40. The van der Waals surface area contributed by atoms with Crippen molar-refractivity contribution in [2.45, 2.75) is 12.8 Å². The summed E-state index contributed by atoms with van der Waals surface area (Å²) in [5.74, 6) is 3.78. The number of aryl methyl sites for hydroxylation is 1. The largest absolute Gasteiger partial charge is 0.460 e. The van der Waals surface area contributed by atoms with E-state index in [-0.39, 0.29) is 0 Å². The van der Waals surface area contributed by atoms with Crippen LogP contribution >= 0.6 is 0 Å². The summed E-state index contributed by atoms with van der Waals surface area (Å²) in [6, 6.07) is 8.09. The molecule has 1 nitrogen and oxygen atoms in total. The summed E-state index contributed by atoms with van der Waals surface area (Å²) in [5, 5.41) is 1.17. The molecule has 1 heterocycles. The second-order valence-corrected chi connectivity index (χ2v) is 3.75. The van der Waals surface area contributed by atoms with Crippen molar-refractivity contribution < 1.29 is 4.42 Å². The molecule has 1 aromatic carbocycles. The third-order valence-corrected chi connectivity index (χ3v) is 2.84. The van der Waals surface area contributed by atoms with Gasteiger partial charge in [0.1, 0.15) is 11.3 Å². The lowest BCUT2D eigenvalue weighted by atomic mass is 9.97. The third-order valence-electron chi connectivity index (χ3n) is 2.84. The van der Waals surface area contributed by atoms with Crippen molar-refractivity contribution in [1.82, 2.24) is 0 Å². The van der Waals surface area contributed by atoms with Crippen molar-refractivity contribution >= 4 is 17.0 Å². The second kappa shape index (κ2) is 3.03. The Bertz CT molecular complexity index is 593.